The molecule has 0 unspecified atom stereocenters. The fraction of sp³-hybridized carbons (Fsp3) is 0. The first-order valence-corrected chi connectivity index (χ1v) is 7.76. The molecule has 0 atom stereocenters. The molecule has 4 aromatic carbocycles. The van der Waals surface area contributed by atoms with Gasteiger partial charge in [0, 0.05) is 16.1 Å². The summed E-state index contributed by atoms with van der Waals surface area (Å²) < 4.78 is 2.13. The zero-order valence-electron chi connectivity index (χ0n) is 12.7. The average Bonchev–Trinajstić information content (AvgIpc) is 2.91. The standard InChI is InChI=1S/C22H15N/c1-14-6-7-15(2)23(14)20-13-11-18-9-8-16-4-3-5-17-10-12-19(20)22(18)21(16)17/h3-13H,1-2H2. The van der Waals surface area contributed by atoms with Crippen LogP contribution in [0.3, 0.4) is 0 Å². The molecule has 1 heteroatoms. The molecule has 0 aliphatic carbocycles. The molecule has 1 heterocycles. The van der Waals surface area contributed by atoms with Gasteiger partial charge in [0.05, 0.1) is 5.69 Å². The van der Waals surface area contributed by atoms with Gasteiger partial charge in [0.1, 0.15) is 0 Å². The van der Waals surface area contributed by atoms with Crippen LogP contribution in [0.4, 0.5) is 0 Å². The molecule has 0 spiro atoms. The molecule has 0 N–H and O–H groups in total. The van der Waals surface area contributed by atoms with E-state index in [0.29, 0.717) is 0 Å². The minimum absolute atomic E-state index is 0.963. The van der Waals surface area contributed by atoms with Crippen LogP contribution < -0.4 is 10.7 Å². The Hall–Kier alpha value is -3.06. The maximum Gasteiger partial charge on any atom is 0.0540 e. The Balaban J connectivity index is 2.08. The topological polar surface area (TPSA) is 4.93 Å². The molecule has 0 radical (unpaired) electrons. The Morgan fingerprint density at radius 3 is 1.83 bits per heavy atom. The van der Waals surface area contributed by atoms with Gasteiger partial charge in [-0.15, -0.1) is 0 Å². The van der Waals surface area contributed by atoms with Crippen LogP contribution in [-0.2, 0) is 0 Å². The van der Waals surface area contributed by atoms with Crippen LogP contribution in [0.25, 0.3) is 51.2 Å². The summed E-state index contributed by atoms with van der Waals surface area (Å²) in [5.74, 6) is 0. The lowest BCUT2D eigenvalue weighted by molar-refractivity contribution is 1.01. The van der Waals surface area contributed by atoms with E-state index in [1.54, 1.807) is 0 Å². The third kappa shape index (κ3) is 1.56. The molecule has 23 heavy (non-hydrogen) atoms. The number of rotatable bonds is 1. The SMILES string of the molecule is C=c1ccc(=C)n1-c1ccc2ccc3cccc4ccc1c2c34. The predicted molar refractivity (Wildman–Crippen MR) is 99.8 cm³/mol. The van der Waals surface area contributed by atoms with Gasteiger partial charge in [-0.3, -0.25) is 0 Å². The molecule has 1 nitrogen and oxygen atoms in total. The second-order valence-electron chi connectivity index (χ2n) is 6.09. The van der Waals surface area contributed by atoms with E-state index in [1.807, 2.05) is 12.1 Å². The van der Waals surface area contributed by atoms with Crippen molar-refractivity contribution in [3.63, 3.8) is 0 Å². The Labute approximate surface area is 133 Å². The summed E-state index contributed by atoms with van der Waals surface area (Å²) in [6, 6.07) is 23.7. The highest BCUT2D eigenvalue weighted by Crippen LogP contribution is 2.36. The van der Waals surface area contributed by atoms with Crippen molar-refractivity contribution in [1.82, 2.24) is 4.57 Å². The van der Waals surface area contributed by atoms with Crippen LogP contribution in [-0.4, -0.2) is 4.57 Å². The molecule has 0 bridgehead atoms. The third-order valence-electron chi connectivity index (χ3n) is 4.79. The first-order chi connectivity index (χ1) is 11.2. The molecule has 0 saturated carbocycles. The predicted octanol–water partition coefficient (Wildman–Crippen LogP) is 4.20. The Morgan fingerprint density at radius 1 is 0.565 bits per heavy atom. The maximum atomic E-state index is 4.15. The molecule has 1 aromatic heterocycles. The van der Waals surface area contributed by atoms with Crippen molar-refractivity contribution in [3.05, 3.63) is 77.4 Å². The van der Waals surface area contributed by atoms with Crippen LogP contribution in [0.15, 0.2) is 66.7 Å². The van der Waals surface area contributed by atoms with E-state index in [1.165, 1.54) is 32.3 Å². The summed E-state index contributed by atoms with van der Waals surface area (Å²) in [7, 11) is 0. The first kappa shape index (κ1) is 12.5. The van der Waals surface area contributed by atoms with Crippen LogP contribution in [0.5, 0.6) is 0 Å². The van der Waals surface area contributed by atoms with Crippen LogP contribution in [0.2, 0.25) is 0 Å². The molecule has 5 rings (SSSR count). The highest BCUT2D eigenvalue weighted by molar-refractivity contribution is 6.24. The van der Waals surface area contributed by atoms with Crippen molar-refractivity contribution in [3.8, 4) is 5.69 Å². The first-order valence-electron chi connectivity index (χ1n) is 7.76. The minimum Gasteiger partial charge on any atom is -0.311 e. The lowest BCUT2D eigenvalue weighted by atomic mass is 9.93. The molecule has 0 amide bonds. The van der Waals surface area contributed by atoms with Gasteiger partial charge in [-0.05, 0) is 45.1 Å². The molecule has 0 saturated heterocycles. The average molecular weight is 293 g/mol. The molecule has 0 aliphatic heterocycles. The molecule has 0 aliphatic rings. The molecule has 0 fully saturated rings. The third-order valence-corrected chi connectivity index (χ3v) is 4.79. The van der Waals surface area contributed by atoms with Crippen LogP contribution >= 0.6 is 0 Å². The van der Waals surface area contributed by atoms with Gasteiger partial charge in [-0.25, -0.2) is 0 Å². The van der Waals surface area contributed by atoms with Gasteiger partial charge in [0.2, 0.25) is 0 Å². The molecular formula is C22H15N. The molecular weight excluding hydrogens is 278 g/mol. The summed E-state index contributed by atoms with van der Waals surface area (Å²) in [5, 5.41) is 9.69. The maximum absolute atomic E-state index is 4.15. The fourth-order valence-electron chi connectivity index (χ4n) is 3.75. The van der Waals surface area contributed by atoms with E-state index in [0.717, 1.165) is 16.4 Å². The lowest BCUT2D eigenvalue weighted by Gasteiger charge is -2.15. The number of benzene rings is 4. The fourth-order valence-corrected chi connectivity index (χ4v) is 3.75. The number of aromatic nitrogens is 1. The zero-order chi connectivity index (χ0) is 15.6. The van der Waals surface area contributed by atoms with Gasteiger partial charge in [0.25, 0.3) is 0 Å². The highest BCUT2D eigenvalue weighted by Gasteiger charge is 2.11. The van der Waals surface area contributed by atoms with Gasteiger partial charge in [-0.1, -0.05) is 61.7 Å². The molecule has 108 valence electrons. The van der Waals surface area contributed by atoms with Gasteiger partial charge in [-0.2, -0.15) is 0 Å². The van der Waals surface area contributed by atoms with E-state index in [4.69, 9.17) is 0 Å². The van der Waals surface area contributed by atoms with Gasteiger partial charge in [0.15, 0.2) is 0 Å². The Bertz CT molecular complexity index is 1250. The second-order valence-corrected chi connectivity index (χ2v) is 6.09. The number of hydrogen-bond donors (Lipinski definition) is 0. The van der Waals surface area contributed by atoms with Gasteiger partial charge >= 0.3 is 0 Å². The normalized spacial score (nSPS) is 11.8. The lowest BCUT2D eigenvalue weighted by Crippen LogP contribution is -2.22. The summed E-state index contributed by atoms with van der Waals surface area (Å²) in [4.78, 5) is 0. The van der Waals surface area contributed by atoms with E-state index < -0.39 is 0 Å². The van der Waals surface area contributed by atoms with Crippen LogP contribution in [0, 0.1) is 0 Å². The highest BCUT2D eigenvalue weighted by atomic mass is 15.0. The largest absolute Gasteiger partial charge is 0.311 e. The van der Waals surface area contributed by atoms with E-state index in [9.17, 15) is 0 Å². The Kier molecular flexibility index (Phi) is 2.30. The summed E-state index contributed by atoms with van der Waals surface area (Å²) in [5.41, 5.74) is 1.15. The zero-order valence-corrected chi connectivity index (χ0v) is 12.7. The minimum atomic E-state index is 0.963. The summed E-state index contributed by atoms with van der Waals surface area (Å²) in [6.45, 7) is 8.30. The van der Waals surface area contributed by atoms with E-state index in [2.05, 4.69) is 72.3 Å². The second kappa shape index (κ2) is 4.23. The molecule has 5 aromatic rings. The quantitative estimate of drug-likeness (QED) is 0.408. The Morgan fingerprint density at radius 2 is 1.13 bits per heavy atom. The van der Waals surface area contributed by atoms with E-state index in [-0.39, 0.29) is 0 Å². The number of hydrogen-bond acceptors (Lipinski definition) is 0. The van der Waals surface area contributed by atoms with Crippen molar-refractivity contribution < 1.29 is 0 Å². The smallest absolute Gasteiger partial charge is 0.0540 e. The van der Waals surface area contributed by atoms with Crippen molar-refractivity contribution in [2.24, 2.45) is 0 Å². The summed E-state index contributed by atoms with van der Waals surface area (Å²) >= 11 is 0. The summed E-state index contributed by atoms with van der Waals surface area (Å²) in [6.07, 6.45) is 0. The monoisotopic (exact) mass is 293 g/mol. The van der Waals surface area contributed by atoms with Crippen molar-refractivity contribution >= 4 is 45.5 Å². The van der Waals surface area contributed by atoms with Crippen molar-refractivity contribution in [2.45, 2.75) is 0 Å². The van der Waals surface area contributed by atoms with Crippen molar-refractivity contribution in [1.29, 1.82) is 0 Å². The van der Waals surface area contributed by atoms with Crippen LogP contribution in [0.1, 0.15) is 0 Å². The van der Waals surface area contributed by atoms with E-state index >= 15 is 0 Å². The van der Waals surface area contributed by atoms with Crippen molar-refractivity contribution in [2.75, 3.05) is 0 Å². The van der Waals surface area contributed by atoms with Gasteiger partial charge < -0.3 is 4.57 Å². The number of nitrogens with zero attached hydrogens (tertiary/aromatic N) is 1.